The fourth-order valence-electron chi connectivity index (χ4n) is 4.88. The zero-order valence-electron chi connectivity index (χ0n) is 19.6. The number of amides is 2. The number of aromatic amines is 1. The van der Waals surface area contributed by atoms with Crippen LogP contribution in [0.1, 0.15) is 23.9 Å². The van der Waals surface area contributed by atoms with Crippen molar-refractivity contribution >= 4 is 28.4 Å². The minimum absolute atomic E-state index is 0.0221. The van der Waals surface area contributed by atoms with E-state index in [1.54, 1.807) is 0 Å². The number of fused-ring (bicyclic) bond motifs is 2. The average Bonchev–Trinajstić information content (AvgIpc) is 3.39. The van der Waals surface area contributed by atoms with Gasteiger partial charge in [0.15, 0.2) is 0 Å². The van der Waals surface area contributed by atoms with Crippen molar-refractivity contribution in [3.05, 3.63) is 71.8 Å². The van der Waals surface area contributed by atoms with Crippen LogP contribution in [0.25, 0.3) is 16.6 Å². The van der Waals surface area contributed by atoms with E-state index in [-0.39, 0.29) is 11.8 Å². The first-order chi connectivity index (χ1) is 16.5. The SMILES string of the molecule is CC(=O)N[C@@H](Cc1c[nH]c2ccccc12)C(=O)N1CCN(Cc2c(C)nc3ccccn23)CC1. The summed E-state index contributed by atoms with van der Waals surface area (Å²) < 4.78 is 2.14. The Hall–Kier alpha value is -3.65. The Labute approximate surface area is 198 Å². The van der Waals surface area contributed by atoms with Crippen LogP contribution in [0.3, 0.4) is 0 Å². The Morgan fingerprint density at radius 3 is 2.65 bits per heavy atom. The number of rotatable bonds is 6. The maximum Gasteiger partial charge on any atom is 0.245 e. The maximum absolute atomic E-state index is 13.4. The maximum atomic E-state index is 13.4. The number of pyridine rings is 1. The van der Waals surface area contributed by atoms with E-state index in [0.717, 1.165) is 47.4 Å². The molecular weight excluding hydrogens is 428 g/mol. The van der Waals surface area contributed by atoms with E-state index in [1.165, 1.54) is 12.6 Å². The smallest absolute Gasteiger partial charge is 0.245 e. The summed E-state index contributed by atoms with van der Waals surface area (Å²) in [5.41, 5.74) is 5.24. The van der Waals surface area contributed by atoms with E-state index in [1.807, 2.05) is 66.7 Å². The van der Waals surface area contributed by atoms with Gasteiger partial charge in [-0.25, -0.2) is 4.98 Å². The predicted molar refractivity (Wildman–Crippen MR) is 131 cm³/mol. The summed E-state index contributed by atoms with van der Waals surface area (Å²) in [7, 11) is 0. The van der Waals surface area contributed by atoms with Crippen LogP contribution in [0, 0.1) is 6.92 Å². The molecule has 34 heavy (non-hydrogen) atoms. The van der Waals surface area contributed by atoms with Crippen LogP contribution in [0.15, 0.2) is 54.9 Å². The number of benzene rings is 1. The Bertz CT molecular complexity index is 1330. The molecule has 2 N–H and O–H groups in total. The lowest BCUT2D eigenvalue weighted by Gasteiger charge is -2.36. The highest BCUT2D eigenvalue weighted by atomic mass is 16.2. The van der Waals surface area contributed by atoms with Crippen LogP contribution in [-0.4, -0.2) is 68.2 Å². The van der Waals surface area contributed by atoms with E-state index in [4.69, 9.17) is 0 Å². The second-order valence-electron chi connectivity index (χ2n) is 8.99. The third-order valence-electron chi connectivity index (χ3n) is 6.66. The molecule has 5 rings (SSSR count). The number of aromatic nitrogens is 3. The van der Waals surface area contributed by atoms with Crippen LogP contribution in [-0.2, 0) is 22.6 Å². The van der Waals surface area contributed by atoms with Gasteiger partial charge < -0.3 is 19.6 Å². The largest absolute Gasteiger partial charge is 0.361 e. The molecule has 0 radical (unpaired) electrons. The second-order valence-corrected chi connectivity index (χ2v) is 8.99. The van der Waals surface area contributed by atoms with Gasteiger partial charge in [0.25, 0.3) is 0 Å². The molecule has 2 amide bonds. The van der Waals surface area contributed by atoms with E-state index in [0.29, 0.717) is 19.5 Å². The first kappa shape index (κ1) is 22.2. The van der Waals surface area contributed by atoms with Crippen molar-refractivity contribution in [1.29, 1.82) is 0 Å². The summed E-state index contributed by atoms with van der Waals surface area (Å²) in [6.45, 7) is 7.15. The van der Waals surface area contributed by atoms with Crippen LogP contribution < -0.4 is 5.32 Å². The summed E-state index contributed by atoms with van der Waals surface area (Å²) in [4.78, 5) is 37.5. The first-order valence-electron chi connectivity index (χ1n) is 11.8. The van der Waals surface area contributed by atoms with Crippen molar-refractivity contribution in [2.24, 2.45) is 0 Å². The number of nitrogens with one attached hydrogen (secondary N) is 2. The van der Waals surface area contributed by atoms with Gasteiger partial charge in [-0.15, -0.1) is 0 Å². The summed E-state index contributed by atoms with van der Waals surface area (Å²) in [6, 6.07) is 13.5. The number of hydrogen-bond donors (Lipinski definition) is 2. The molecule has 0 bridgehead atoms. The van der Waals surface area contributed by atoms with Gasteiger partial charge in [-0.1, -0.05) is 24.3 Å². The summed E-state index contributed by atoms with van der Waals surface area (Å²) in [6.07, 6.45) is 4.44. The lowest BCUT2D eigenvalue weighted by Crippen LogP contribution is -2.55. The Morgan fingerprint density at radius 1 is 1.09 bits per heavy atom. The molecule has 0 saturated carbocycles. The predicted octanol–water partition coefficient (Wildman–Crippen LogP) is 2.52. The number of para-hydroxylation sites is 1. The van der Waals surface area contributed by atoms with Crippen molar-refractivity contribution in [2.45, 2.75) is 32.9 Å². The van der Waals surface area contributed by atoms with Gasteiger partial charge in [-0.3, -0.25) is 14.5 Å². The van der Waals surface area contributed by atoms with Gasteiger partial charge in [0.2, 0.25) is 11.8 Å². The zero-order chi connectivity index (χ0) is 23.7. The number of piperazine rings is 1. The van der Waals surface area contributed by atoms with Crippen molar-refractivity contribution < 1.29 is 9.59 Å². The molecule has 0 aliphatic carbocycles. The van der Waals surface area contributed by atoms with Crippen LogP contribution in [0.2, 0.25) is 0 Å². The summed E-state index contributed by atoms with van der Waals surface area (Å²) >= 11 is 0. The molecule has 0 spiro atoms. The number of nitrogens with zero attached hydrogens (tertiary/aromatic N) is 4. The van der Waals surface area contributed by atoms with Gasteiger partial charge in [0.05, 0.1) is 11.4 Å². The zero-order valence-corrected chi connectivity index (χ0v) is 19.6. The second kappa shape index (κ2) is 9.30. The number of H-pyrrole nitrogens is 1. The third-order valence-corrected chi connectivity index (χ3v) is 6.66. The van der Waals surface area contributed by atoms with Gasteiger partial charge in [-0.2, -0.15) is 0 Å². The fourth-order valence-corrected chi connectivity index (χ4v) is 4.88. The minimum Gasteiger partial charge on any atom is -0.361 e. The lowest BCUT2D eigenvalue weighted by atomic mass is 10.0. The van der Waals surface area contributed by atoms with E-state index in [2.05, 4.69) is 24.6 Å². The van der Waals surface area contributed by atoms with Gasteiger partial charge >= 0.3 is 0 Å². The molecule has 1 fully saturated rings. The molecule has 1 aliphatic heterocycles. The van der Waals surface area contributed by atoms with Crippen molar-refractivity contribution in [3.8, 4) is 0 Å². The molecule has 176 valence electrons. The van der Waals surface area contributed by atoms with Gasteiger partial charge in [0.1, 0.15) is 11.7 Å². The normalized spacial score (nSPS) is 15.6. The summed E-state index contributed by atoms with van der Waals surface area (Å²) in [5.74, 6) is -0.217. The average molecular weight is 459 g/mol. The number of carbonyl (C=O) groups excluding carboxylic acids is 2. The monoisotopic (exact) mass is 458 g/mol. The highest BCUT2D eigenvalue weighted by Crippen LogP contribution is 2.20. The molecule has 1 atom stereocenters. The minimum atomic E-state index is -0.579. The molecule has 4 heterocycles. The van der Waals surface area contributed by atoms with Crippen LogP contribution in [0.5, 0.6) is 0 Å². The fraction of sp³-hybridized carbons (Fsp3) is 0.346. The molecule has 1 aromatic carbocycles. The first-order valence-corrected chi connectivity index (χ1v) is 11.8. The molecule has 3 aromatic heterocycles. The van der Waals surface area contributed by atoms with Crippen molar-refractivity contribution in [3.63, 3.8) is 0 Å². The van der Waals surface area contributed by atoms with E-state index < -0.39 is 6.04 Å². The summed E-state index contributed by atoms with van der Waals surface area (Å²) in [5, 5.41) is 3.97. The number of hydrogen-bond acceptors (Lipinski definition) is 4. The van der Waals surface area contributed by atoms with E-state index >= 15 is 0 Å². The number of imidazole rings is 1. The molecule has 8 heteroatoms. The third kappa shape index (κ3) is 4.41. The molecule has 1 aliphatic rings. The Balaban J connectivity index is 1.25. The number of aryl methyl sites for hydroxylation is 1. The topological polar surface area (TPSA) is 85.7 Å². The Kier molecular flexibility index (Phi) is 6.06. The van der Waals surface area contributed by atoms with E-state index in [9.17, 15) is 9.59 Å². The quantitative estimate of drug-likeness (QED) is 0.465. The standard InChI is InChI=1S/C26H30N6O2/c1-18-24(32-10-6-5-9-25(32)28-18)17-30-11-13-31(14-12-30)26(34)23(29-19(2)33)15-20-16-27-22-8-4-3-7-21(20)22/h3-10,16,23,27H,11-15,17H2,1-2H3,(H,29,33)/t23-/m0/s1. The molecule has 8 nitrogen and oxygen atoms in total. The molecular formula is C26H30N6O2. The van der Waals surface area contributed by atoms with Crippen LogP contribution in [0.4, 0.5) is 0 Å². The van der Waals surface area contributed by atoms with Crippen LogP contribution >= 0.6 is 0 Å². The van der Waals surface area contributed by atoms with Gasteiger partial charge in [0, 0.05) is 69.4 Å². The Morgan fingerprint density at radius 2 is 1.85 bits per heavy atom. The lowest BCUT2D eigenvalue weighted by molar-refractivity contribution is -0.137. The van der Waals surface area contributed by atoms with Gasteiger partial charge in [-0.05, 0) is 30.7 Å². The van der Waals surface area contributed by atoms with Crippen molar-refractivity contribution in [1.82, 2.24) is 29.5 Å². The highest BCUT2D eigenvalue weighted by Gasteiger charge is 2.29. The van der Waals surface area contributed by atoms with Crippen molar-refractivity contribution in [2.75, 3.05) is 26.2 Å². The molecule has 4 aromatic rings. The highest BCUT2D eigenvalue weighted by molar-refractivity contribution is 5.89. The molecule has 0 unspecified atom stereocenters. The number of carbonyl (C=O) groups is 2. The molecule has 1 saturated heterocycles.